The number of aromatic nitrogens is 3. The summed E-state index contributed by atoms with van der Waals surface area (Å²) in [5.74, 6) is 0.964. The van der Waals surface area contributed by atoms with Crippen LogP contribution in [0.4, 0.5) is 4.39 Å². The average molecular weight is 342 g/mol. The summed E-state index contributed by atoms with van der Waals surface area (Å²) in [5, 5.41) is 6.87. The van der Waals surface area contributed by atoms with Gasteiger partial charge in [-0.05, 0) is 42.8 Å². The Morgan fingerprint density at radius 1 is 1.25 bits per heavy atom. The van der Waals surface area contributed by atoms with E-state index in [1.807, 2.05) is 30.6 Å². The molecule has 0 saturated carbocycles. The van der Waals surface area contributed by atoms with Gasteiger partial charge >= 0.3 is 0 Å². The Hall–Kier alpha value is -2.51. The van der Waals surface area contributed by atoms with Crippen molar-refractivity contribution in [2.75, 3.05) is 7.05 Å². The van der Waals surface area contributed by atoms with Crippen molar-refractivity contribution in [1.29, 1.82) is 0 Å². The predicted molar refractivity (Wildman–Crippen MR) is 91.0 cm³/mol. The number of fused-ring (bicyclic) bond motifs is 1. The zero-order valence-corrected chi connectivity index (χ0v) is 13.8. The minimum atomic E-state index is -0.228. The molecule has 0 fully saturated rings. The first-order valence-electron chi connectivity index (χ1n) is 7.49. The van der Waals surface area contributed by atoms with E-state index in [2.05, 4.69) is 20.0 Å². The van der Waals surface area contributed by atoms with Crippen LogP contribution in [0.15, 0.2) is 46.3 Å². The number of nitrogens with zero attached hydrogens (tertiary/aromatic N) is 3. The number of nitrogens with one attached hydrogen (secondary N) is 1. The fraction of sp³-hybridized carbons (Fsp3) is 0.176. The number of benzene rings is 1. The van der Waals surface area contributed by atoms with Gasteiger partial charge in [0.1, 0.15) is 5.82 Å². The van der Waals surface area contributed by atoms with Crippen molar-refractivity contribution < 1.29 is 8.91 Å². The standard InChI is InChI=1S/C17H15FN4OS/c1-22(9-13-8-11-7-12(18)4-5-14(11)19-13)10-16-20-17(21-23-16)15-3-2-6-24-15/h2-8,19H,9-10H2,1H3. The van der Waals surface area contributed by atoms with Gasteiger partial charge in [0.05, 0.1) is 11.4 Å². The largest absolute Gasteiger partial charge is 0.357 e. The molecule has 24 heavy (non-hydrogen) atoms. The Balaban J connectivity index is 1.45. The van der Waals surface area contributed by atoms with Crippen LogP contribution >= 0.6 is 11.3 Å². The summed E-state index contributed by atoms with van der Waals surface area (Å²) < 4.78 is 18.6. The van der Waals surface area contributed by atoms with Gasteiger partial charge in [-0.1, -0.05) is 11.2 Å². The number of hydrogen-bond acceptors (Lipinski definition) is 5. The van der Waals surface area contributed by atoms with Crippen molar-refractivity contribution in [2.24, 2.45) is 0 Å². The van der Waals surface area contributed by atoms with Crippen LogP contribution in [-0.2, 0) is 13.1 Å². The molecule has 1 N–H and O–H groups in total. The number of rotatable bonds is 5. The van der Waals surface area contributed by atoms with Crippen molar-refractivity contribution in [3.63, 3.8) is 0 Å². The second kappa shape index (κ2) is 6.18. The molecule has 0 aliphatic rings. The maximum atomic E-state index is 13.3. The smallest absolute Gasteiger partial charge is 0.241 e. The van der Waals surface area contributed by atoms with Crippen LogP contribution in [-0.4, -0.2) is 27.1 Å². The van der Waals surface area contributed by atoms with Crippen LogP contribution in [0.2, 0.25) is 0 Å². The van der Waals surface area contributed by atoms with Crippen LogP contribution in [0.5, 0.6) is 0 Å². The maximum absolute atomic E-state index is 13.3. The Labute approximate surface area is 141 Å². The van der Waals surface area contributed by atoms with Crippen molar-refractivity contribution in [3.8, 4) is 10.7 Å². The Bertz CT molecular complexity index is 960. The van der Waals surface area contributed by atoms with Crippen LogP contribution in [0.3, 0.4) is 0 Å². The minimum absolute atomic E-state index is 0.228. The van der Waals surface area contributed by atoms with E-state index in [-0.39, 0.29) is 5.82 Å². The molecule has 122 valence electrons. The fourth-order valence-electron chi connectivity index (χ4n) is 2.65. The molecule has 4 aromatic rings. The van der Waals surface area contributed by atoms with E-state index in [9.17, 15) is 4.39 Å². The number of H-pyrrole nitrogens is 1. The third-order valence-corrected chi connectivity index (χ3v) is 4.56. The van der Waals surface area contributed by atoms with Crippen molar-refractivity contribution in [1.82, 2.24) is 20.0 Å². The summed E-state index contributed by atoms with van der Waals surface area (Å²) in [6.45, 7) is 1.22. The molecule has 0 bridgehead atoms. The van der Waals surface area contributed by atoms with Gasteiger partial charge in [0.15, 0.2) is 0 Å². The number of thiophene rings is 1. The van der Waals surface area contributed by atoms with Gasteiger partial charge in [-0.3, -0.25) is 4.90 Å². The van der Waals surface area contributed by atoms with E-state index < -0.39 is 0 Å². The zero-order chi connectivity index (χ0) is 16.5. The quantitative estimate of drug-likeness (QED) is 0.594. The van der Waals surface area contributed by atoms with Gasteiger partial charge in [0.2, 0.25) is 11.7 Å². The van der Waals surface area contributed by atoms with Crippen LogP contribution in [0.1, 0.15) is 11.6 Å². The Morgan fingerprint density at radius 2 is 2.17 bits per heavy atom. The third-order valence-electron chi connectivity index (χ3n) is 3.69. The van der Waals surface area contributed by atoms with Crippen molar-refractivity contribution >= 4 is 22.2 Å². The molecule has 0 aliphatic carbocycles. The first kappa shape index (κ1) is 15.0. The summed E-state index contributed by atoms with van der Waals surface area (Å²) in [4.78, 5) is 10.8. The summed E-state index contributed by atoms with van der Waals surface area (Å²) >= 11 is 1.58. The normalized spacial score (nSPS) is 11.6. The van der Waals surface area contributed by atoms with Crippen LogP contribution in [0, 0.1) is 5.82 Å². The van der Waals surface area contributed by atoms with E-state index in [1.165, 1.54) is 12.1 Å². The molecule has 0 saturated heterocycles. The van der Waals surface area contributed by atoms with E-state index in [0.29, 0.717) is 24.8 Å². The van der Waals surface area contributed by atoms with Gasteiger partial charge in [0, 0.05) is 23.1 Å². The van der Waals surface area contributed by atoms with Gasteiger partial charge < -0.3 is 9.51 Å². The Kier molecular flexibility index (Phi) is 3.87. The highest BCUT2D eigenvalue weighted by atomic mass is 32.1. The lowest BCUT2D eigenvalue weighted by atomic mass is 10.2. The molecule has 1 aromatic carbocycles. The maximum Gasteiger partial charge on any atom is 0.241 e. The second-order valence-electron chi connectivity index (χ2n) is 5.69. The minimum Gasteiger partial charge on any atom is -0.357 e. The molecule has 0 amide bonds. The highest BCUT2D eigenvalue weighted by molar-refractivity contribution is 7.13. The van der Waals surface area contributed by atoms with E-state index in [4.69, 9.17) is 4.52 Å². The summed E-state index contributed by atoms with van der Waals surface area (Å²) in [5.41, 5.74) is 1.94. The molecular formula is C17H15FN4OS. The number of halogens is 1. The second-order valence-corrected chi connectivity index (χ2v) is 6.64. The van der Waals surface area contributed by atoms with Gasteiger partial charge in [0.25, 0.3) is 0 Å². The highest BCUT2D eigenvalue weighted by Gasteiger charge is 2.12. The lowest BCUT2D eigenvalue weighted by Gasteiger charge is -2.12. The van der Waals surface area contributed by atoms with E-state index >= 15 is 0 Å². The van der Waals surface area contributed by atoms with E-state index in [1.54, 1.807) is 17.4 Å². The van der Waals surface area contributed by atoms with Gasteiger partial charge in [-0.2, -0.15) is 4.98 Å². The molecule has 4 rings (SSSR count). The number of aromatic amines is 1. The zero-order valence-electron chi connectivity index (χ0n) is 13.0. The molecule has 3 aromatic heterocycles. The first-order valence-corrected chi connectivity index (χ1v) is 8.37. The monoisotopic (exact) mass is 342 g/mol. The highest BCUT2D eigenvalue weighted by Crippen LogP contribution is 2.22. The summed E-state index contributed by atoms with van der Waals surface area (Å²) in [6, 6.07) is 10.6. The summed E-state index contributed by atoms with van der Waals surface area (Å²) in [6.07, 6.45) is 0. The Morgan fingerprint density at radius 3 is 3.00 bits per heavy atom. The fourth-order valence-corrected chi connectivity index (χ4v) is 3.30. The van der Waals surface area contributed by atoms with Crippen molar-refractivity contribution in [3.05, 3.63) is 59.2 Å². The van der Waals surface area contributed by atoms with Gasteiger partial charge in [-0.15, -0.1) is 11.3 Å². The molecule has 5 nitrogen and oxygen atoms in total. The SMILES string of the molecule is CN(Cc1cc2cc(F)ccc2[nH]1)Cc1nc(-c2cccs2)no1. The van der Waals surface area contributed by atoms with Crippen molar-refractivity contribution in [2.45, 2.75) is 13.1 Å². The molecule has 0 unspecified atom stereocenters. The molecule has 0 atom stereocenters. The lowest BCUT2D eigenvalue weighted by Crippen LogP contribution is -2.17. The predicted octanol–water partition coefficient (Wildman–Crippen LogP) is 4.05. The molecule has 3 heterocycles. The lowest BCUT2D eigenvalue weighted by molar-refractivity contribution is 0.259. The van der Waals surface area contributed by atoms with E-state index in [0.717, 1.165) is 21.5 Å². The third kappa shape index (κ3) is 3.08. The topological polar surface area (TPSA) is 58.0 Å². The van der Waals surface area contributed by atoms with Crippen LogP contribution in [0.25, 0.3) is 21.6 Å². The van der Waals surface area contributed by atoms with Gasteiger partial charge in [-0.25, -0.2) is 4.39 Å². The number of hydrogen-bond donors (Lipinski definition) is 1. The molecule has 0 spiro atoms. The molecule has 0 radical (unpaired) electrons. The molecular weight excluding hydrogens is 327 g/mol. The summed E-state index contributed by atoms with van der Waals surface area (Å²) in [7, 11) is 1.97. The molecule has 7 heteroatoms. The van der Waals surface area contributed by atoms with Crippen LogP contribution < -0.4 is 0 Å². The first-order chi connectivity index (χ1) is 11.7. The molecule has 0 aliphatic heterocycles. The average Bonchev–Trinajstić information content (AvgIpc) is 3.25.